The van der Waals surface area contributed by atoms with Crippen molar-refractivity contribution in [2.45, 2.75) is 13.0 Å². The lowest BCUT2D eigenvalue weighted by molar-refractivity contribution is 0.626. The van der Waals surface area contributed by atoms with E-state index in [2.05, 4.69) is 15.3 Å². The van der Waals surface area contributed by atoms with Crippen LogP contribution in [-0.2, 0) is 13.0 Å². The maximum Gasteiger partial charge on any atom is 0.159 e. The van der Waals surface area contributed by atoms with Crippen molar-refractivity contribution in [1.82, 2.24) is 15.3 Å². The van der Waals surface area contributed by atoms with Crippen molar-refractivity contribution in [2.75, 3.05) is 6.54 Å². The maximum absolute atomic E-state index is 5.99. The molecule has 18 heavy (non-hydrogen) atoms. The second kappa shape index (κ2) is 4.84. The van der Waals surface area contributed by atoms with Crippen LogP contribution in [0.2, 0.25) is 10.0 Å². The van der Waals surface area contributed by atoms with Crippen LogP contribution < -0.4 is 5.32 Å². The Morgan fingerprint density at radius 2 is 1.89 bits per heavy atom. The molecular weight excluding hydrogens is 269 g/mol. The van der Waals surface area contributed by atoms with Crippen LogP contribution in [0.1, 0.15) is 11.3 Å². The van der Waals surface area contributed by atoms with E-state index in [1.165, 1.54) is 0 Å². The van der Waals surface area contributed by atoms with Crippen molar-refractivity contribution >= 4 is 23.2 Å². The summed E-state index contributed by atoms with van der Waals surface area (Å²) in [6.07, 6.45) is 2.80. The molecule has 1 aliphatic rings. The summed E-state index contributed by atoms with van der Waals surface area (Å²) in [5.41, 5.74) is 3.13. The van der Waals surface area contributed by atoms with Crippen molar-refractivity contribution in [3.05, 3.63) is 45.7 Å². The number of aromatic nitrogens is 2. The van der Waals surface area contributed by atoms with Gasteiger partial charge in [0, 0.05) is 46.9 Å². The van der Waals surface area contributed by atoms with E-state index in [-0.39, 0.29) is 0 Å². The van der Waals surface area contributed by atoms with E-state index in [0.29, 0.717) is 15.9 Å². The predicted octanol–water partition coefficient (Wildman–Crippen LogP) is 3.10. The van der Waals surface area contributed by atoms with Gasteiger partial charge < -0.3 is 5.32 Å². The fourth-order valence-corrected chi connectivity index (χ4v) is 2.58. The zero-order valence-corrected chi connectivity index (χ0v) is 11.1. The van der Waals surface area contributed by atoms with Crippen molar-refractivity contribution < 1.29 is 0 Å². The zero-order valence-electron chi connectivity index (χ0n) is 9.58. The number of benzene rings is 1. The molecule has 2 aromatic rings. The van der Waals surface area contributed by atoms with Crippen molar-refractivity contribution in [2.24, 2.45) is 0 Å². The van der Waals surface area contributed by atoms with Gasteiger partial charge >= 0.3 is 0 Å². The summed E-state index contributed by atoms with van der Waals surface area (Å²) < 4.78 is 0. The highest BCUT2D eigenvalue weighted by Gasteiger charge is 2.12. The van der Waals surface area contributed by atoms with Crippen LogP contribution in [-0.4, -0.2) is 16.5 Å². The summed E-state index contributed by atoms with van der Waals surface area (Å²) in [5, 5.41) is 4.49. The number of hydrogen-bond donors (Lipinski definition) is 1. The molecule has 0 bridgehead atoms. The fourth-order valence-electron chi connectivity index (χ4n) is 2.06. The van der Waals surface area contributed by atoms with Gasteiger partial charge in [-0.25, -0.2) is 9.97 Å². The molecule has 3 rings (SSSR count). The van der Waals surface area contributed by atoms with Gasteiger partial charge in [0.15, 0.2) is 5.82 Å². The van der Waals surface area contributed by atoms with E-state index < -0.39 is 0 Å². The average molecular weight is 280 g/mol. The van der Waals surface area contributed by atoms with Gasteiger partial charge in [0.1, 0.15) is 0 Å². The molecule has 3 nitrogen and oxygen atoms in total. The van der Waals surface area contributed by atoms with E-state index in [4.69, 9.17) is 23.2 Å². The largest absolute Gasteiger partial charge is 0.312 e. The fraction of sp³-hybridized carbons (Fsp3) is 0.231. The van der Waals surface area contributed by atoms with Crippen LogP contribution >= 0.6 is 23.2 Å². The molecule has 2 heterocycles. The van der Waals surface area contributed by atoms with Gasteiger partial charge in [-0.2, -0.15) is 0 Å². The third kappa shape index (κ3) is 2.34. The van der Waals surface area contributed by atoms with Crippen LogP contribution in [0.5, 0.6) is 0 Å². The first-order valence-electron chi connectivity index (χ1n) is 5.74. The molecule has 0 spiro atoms. The van der Waals surface area contributed by atoms with Gasteiger partial charge in [0.25, 0.3) is 0 Å². The SMILES string of the molecule is Clc1cc(Cl)cc(-c2ncc3c(n2)CCNC3)c1. The Morgan fingerprint density at radius 3 is 2.67 bits per heavy atom. The Labute approximate surface area is 115 Å². The molecule has 5 heteroatoms. The van der Waals surface area contributed by atoms with Crippen LogP contribution in [0.3, 0.4) is 0 Å². The molecule has 1 aromatic carbocycles. The first kappa shape index (κ1) is 11.9. The average Bonchev–Trinajstić information content (AvgIpc) is 2.37. The summed E-state index contributed by atoms with van der Waals surface area (Å²) in [7, 11) is 0. The molecule has 0 aliphatic carbocycles. The number of rotatable bonds is 1. The van der Waals surface area contributed by atoms with E-state index >= 15 is 0 Å². The second-order valence-corrected chi connectivity index (χ2v) is 5.12. The summed E-state index contributed by atoms with van der Waals surface area (Å²) >= 11 is 12.0. The number of nitrogens with zero attached hydrogens (tertiary/aromatic N) is 2. The molecule has 0 unspecified atom stereocenters. The molecule has 0 saturated heterocycles. The first-order valence-corrected chi connectivity index (χ1v) is 6.50. The van der Waals surface area contributed by atoms with Gasteiger partial charge in [-0.1, -0.05) is 23.2 Å². The van der Waals surface area contributed by atoms with Gasteiger partial charge in [0.2, 0.25) is 0 Å². The van der Waals surface area contributed by atoms with Gasteiger partial charge in [-0.05, 0) is 18.2 Å². The molecular formula is C13H11Cl2N3. The Kier molecular flexibility index (Phi) is 3.20. The Hall–Kier alpha value is -1.16. The third-order valence-electron chi connectivity index (χ3n) is 2.93. The molecule has 0 saturated carbocycles. The predicted molar refractivity (Wildman–Crippen MR) is 72.9 cm³/mol. The van der Waals surface area contributed by atoms with Crippen LogP contribution in [0.15, 0.2) is 24.4 Å². The number of halogens is 2. The minimum atomic E-state index is 0.598. The number of fused-ring (bicyclic) bond motifs is 1. The first-order chi connectivity index (χ1) is 8.72. The minimum Gasteiger partial charge on any atom is -0.312 e. The topological polar surface area (TPSA) is 37.8 Å². The van der Waals surface area contributed by atoms with Gasteiger partial charge in [-0.15, -0.1) is 0 Å². The van der Waals surface area contributed by atoms with Crippen LogP contribution in [0, 0.1) is 0 Å². The molecule has 1 aromatic heterocycles. The molecule has 1 N–H and O–H groups in total. The van der Waals surface area contributed by atoms with Gasteiger partial charge in [0.05, 0.1) is 5.69 Å². The second-order valence-electron chi connectivity index (χ2n) is 4.25. The highest BCUT2D eigenvalue weighted by atomic mass is 35.5. The molecule has 0 atom stereocenters. The Balaban J connectivity index is 2.06. The van der Waals surface area contributed by atoms with Gasteiger partial charge in [-0.3, -0.25) is 0 Å². The van der Waals surface area contributed by atoms with E-state index in [9.17, 15) is 0 Å². The van der Waals surface area contributed by atoms with Crippen molar-refractivity contribution in [1.29, 1.82) is 0 Å². The third-order valence-corrected chi connectivity index (χ3v) is 3.37. The van der Waals surface area contributed by atoms with Crippen LogP contribution in [0.4, 0.5) is 0 Å². The van der Waals surface area contributed by atoms with Crippen molar-refractivity contribution in [3.8, 4) is 11.4 Å². The normalized spacial score (nSPS) is 14.3. The lowest BCUT2D eigenvalue weighted by atomic mass is 10.1. The summed E-state index contributed by atoms with van der Waals surface area (Å²) in [4.78, 5) is 8.97. The van der Waals surface area contributed by atoms with E-state index in [1.54, 1.807) is 6.07 Å². The van der Waals surface area contributed by atoms with E-state index in [0.717, 1.165) is 36.3 Å². The standard InChI is InChI=1S/C13H11Cl2N3/c14-10-3-8(4-11(15)5-10)13-17-7-9-6-16-2-1-12(9)18-13/h3-5,7,16H,1-2,6H2. The smallest absolute Gasteiger partial charge is 0.159 e. The zero-order chi connectivity index (χ0) is 12.5. The van der Waals surface area contributed by atoms with Crippen molar-refractivity contribution in [3.63, 3.8) is 0 Å². The lowest BCUT2D eigenvalue weighted by Crippen LogP contribution is -2.24. The monoisotopic (exact) mass is 279 g/mol. The molecule has 0 amide bonds. The highest BCUT2D eigenvalue weighted by Crippen LogP contribution is 2.25. The molecule has 92 valence electrons. The molecule has 1 aliphatic heterocycles. The van der Waals surface area contributed by atoms with E-state index in [1.807, 2.05) is 18.3 Å². The molecule has 0 radical (unpaired) electrons. The Morgan fingerprint density at radius 1 is 1.11 bits per heavy atom. The number of nitrogens with one attached hydrogen (secondary N) is 1. The minimum absolute atomic E-state index is 0.598. The Bertz CT molecular complexity index is 579. The summed E-state index contributed by atoms with van der Waals surface area (Å²) in [5.74, 6) is 0.681. The van der Waals surface area contributed by atoms with Crippen LogP contribution in [0.25, 0.3) is 11.4 Å². The highest BCUT2D eigenvalue weighted by molar-refractivity contribution is 6.35. The number of hydrogen-bond acceptors (Lipinski definition) is 3. The summed E-state index contributed by atoms with van der Waals surface area (Å²) in [6, 6.07) is 5.36. The maximum atomic E-state index is 5.99. The lowest BCUT2D eigenvalue weighted by Gasteiger charge is -2.16. The quantitative estimate of drug-likeness (QED) is 0.872. The summed E-state index contributed by atoms with van der Waals surface area (Å²) in [6.45, 7) is 1.80. The molecule has 0 fully saturated rings.